The molecule has 2 bridgehead atoms. The fraction of sp³-hybridized carbons (Fsp3) is 1.00. The molecule has 2 heterocycles. The lowest BCUT2D eigenvalue weighted by molar-refractivity contribution is -0.176. The van der Waals surface area contributed by atoms with Crippen molar-refractivity contribution in [3.63, 3.8) is 0 Å². The van der Waals surface area contributed by atoms with Gasteiger partial charge in [0, 0.05) is 6.61 Å². The van der Waals surface area contributed by atoms with E-state index in [0.29, 0.717) is 25.7 Å². The van der Waals surface area contributed by atoms with Gasteiger partial charge in [-0.3, -0.25) is 0 Å². The molecule has 2 fully saturated rings. The third-order valence-corrected chi connectivity index (χ3v) is 2.44. The molecule has 2 atom stereocenters. The Kier molecular flexibility index (Phi) is 2.11. The van der Waals surface area contributed by atoms with Gasteiger partial charge in [0.05, 0.1) is 25.4 Å². The van der Waals surface area contributed by atoms with Gasteiger partial charge in [-0.05, 0) is 18.8 Å². The molecule has 2 saturated heterocycles. The van der Waals surface area contributed by atoms with Crippen LogP contribution in [0.25, 0.3) is 0 Å². The molecule has 1 N–H and O–H groups in total. The minimum atomic E-state index is 0.250. The Morgan fingerprint density at radius 1 is 1.18 bits per heavy atom. The summed E-state index contributed by atoms with van der Waals surface area (Å²) in [5.41, 5.74) is 0. The molecule has 0 aromatic rings. The van der Waals surface area contributed by atoms with E-state index >= 15 is 0 Å². The highest BCUT2D eigenvalue weighted by atomic mass is 16.6. The van der Waals surface area contributed by atoms with Crippen LogP contribution in [0.4, 0.5) is 0 Å². The van der Waals surface area contributed by atoms with E-state index < -0.39 is 0 Å². The molecule has 0 aromatic heterocycles. The number of aliphatic hydroxyl groups is 1. The van der Waals surface area contributed by atoms with E-state index in [1.165, 1.54) is 0 Å². The lowest BCUT2D eigenvalue weighted by Gasteiger charge is -2.38. The Morgan fingerprint density at radius 3 is 2.36 bits per heavy atom. The zero-order chi connectivity index (χ0) is 7.68. The molecule has 3 heteroatoms. The van der Waals surface area contributed by atoms with Crippen LogP contribution in [-0.2, 0) is 9.47 Å². The third kappa shape index (κ3) is 1.55. The summed E-state index contributed by atoms with van der Waals surface area (Å²) < 4.78 is 10.9. The molecule has 0 aliphatic carbocycles. The molecule has 0 aromatic carbocycles. The summed E-state index contributed by atoms with van der Waals surface area (Å²) in [7, 11) is 0. The lowest BCUT2D eigenvalue weighted by Crippen LogP contribution is -2.43. The van der Waals surface area contributed by atoms with Gasteiger partial charge in [0.1, 0.15) is 0 Å². The fourth-order valence-corrected chi connectivity index (χ4v) is 1.92. The Morgan fingerprint density at radius 2 is 1.82 bits per heavy atom. The Hall–Kier alpha value is -0.120. The highest BCUT2D eigenvalue weighted by molar-refractivity contribution is 4.80. The van der Waals surface area contributed by atoms with Gasteiger partial charge in [-0.1, -0.05) is 0 Å². The van der Waals surface area contributed by atoms with Gasteiger partial charge in [-0.2, -0.15) is 0 Å². The molecular weight excluding hydrogens is 144 g/mol. The zero-order valence-corrected chi connectivity index (χ0v) is 6.53. The van der Waals surface area contributed by atoms with Crippen LogP contribution in [0.1, 0.15) is 12.8 Å². The van der Waals surface area contributed by atoms with Gasteiger partial charge in [0.15, 0.2) is 0 Å². The molecule has 0 spiro atoms. The van der Waals surface area contributed by atoms with E-state index in [1.54, 1.807) is 0 Å². The van der Waals surface area contributed by atoms with E-state index in [-0.39, 0.29) is 12.2 Å². The first-order valence-electron chi connectivity index (χ1n) is 4.22. The van der Waals surface area contributed by atoms with Crippen LogP contribution in [0, 0.1) is 5.92 Å². The van der Waals surface area contributed by atoms with Crippen molar-refractivity contribution in [2.45, 2.75) is 25.0 Å². The number of rotatable bonds is 1. The fourth-order valence-electron chi connectivity index (χ4n) is 1.92. The van der Waals surface area contributed by atoms with E-state index in [4.69, 9.17) is 14.6 Å². The second-order valence-electron chi connectivity index (χ2n) is 3.44. The van der Waals surface area contributed by atoms with E-state index in [2.05, 4.69) is 0 Å². The van der Waals surface area contributed by atoms with Crippen LogP contribution >= 0.6 is 0 Å². The van der Waals surface area contributed by atoms with E-state index in [9.17, 15) is 0 Å². The average Bonchev–Trinajstić information content (AvgIpc) is 2.03. The van der Waals surface area contributed by atoms with Gasteiger partial charge in [0.25, 0.3) is 0 Å². The Balaban J connectivity index is 1.94. The quantitative estimate of drug-likeness (QED) is 0.591. The molecule has 2 unspecified atom stereocenters. The molecule has 0 amide bonds. The number of hydrogen-bond acceptors (Lipinski definition) is 3. The van der Waals surface area contributed by atoms with Gasteiger partial charge in [-0.15, -0.1) is 0 Å². The summed E-state index contributed by atoms with van der Waals surface area (Å²) in [6.07, 6.45) is 2.43. The minimum absolute atomic E-state index is 0.250. The van der Waals surface area contributed by atoms with Crippen molar-refractivity contribution < 1.29 is 14.6 Å². The van der Waals surface area contributed by atoms with Crippen LogP contribution in [0.15, 0.2) is 0 Å². The van der Waals surface area contributed by atoms with Crippen molar-refractivity contribution in [1.29, 1.82) is 0 Å². The maximum Gasteiger partial charge on any atom is 0.0817 e. The molecule has 2 aliphatic heterocycles. The normalized spacial score (nSPS) is 43.9. The first-order valence-corrected chi connectivity index (χ1v) is 4.22. The smallest absolute Gasteiger partial charge is 0.0817 e. The number of fused-ring (bicyclic) bond motifs is 2. The summed E-state index contributed by atoms with van der Waals surface area (Å²) in [4.78, 5) is 0. The highest BCUT2D eigenvalue weighted by Gasteiger charge is 2.32. The monoisotopic (exact) mass is 158 g/mol. The number of hydrogen-bond donors (Lipinski definition) is 1. The summed E-state index contributed by atoms with van der Waals surface area (Å²) in [5, 5.41) is 8.95. The second-order valence-corrected chi connectivity index (χ2v) is 3.44. The predicted octanol–water partition coefficient (Wildman–Crippen LogP) is 0.173. The largest absolute Gasteiger partial charge is 0.396 e. The van der Waals surface area contributed by atoms with Crippen LogP contribution < -0.4 is 0 Å². The standard InChI is InChI=1S/C8H14O3/c9-3-6-1-7-4-10-5-8(2-6)11-7/h6-9H,1-5H2. The lowest BCUT2D eigenvalue weighted by atomic mass is 9.92. The molecule has 3 nitrogen and oxygen atoms in total. The Labute approximate surface area is 66.3 Å². The molecular formula is C8H14O3. The molecule has 2 rings (SSSR count). The molecule has 0 radical (unpaired) electrons. The van der Waals surface area contributed by atoms with Gasteiger partial charge < -0.3 is 14.6 Å². The topological polar surface area (TPSA) is 38.7 Å². The highest BCUT2D eigenvalue weighted by Crippen LogP contribution is 2.27. The number of aliphatic hydroxyl groups excluding tert-OH is 1. The first-order chi connectivity index (χ1) is 5.38. The van der Waals surface area contributed by atoms with Gasteiger partial charge in [0.2, 0.25) is 0 Å². The van der Waals surface area contributed by atoms with Crippen LogP contribution in [0.2, 0.25) is 0 Å². The molecule has 2 aliphatic rings. The van der Waals surface area contributed by atoms with Crippen LogP contribution in [0.5, 0.6) is 0 Å². The SMILES string of the molecule is OCC1CC2COCC(C1)O2. The van der Waals surface area contributed by atoms with Crippen molar-refractivity contribution >= 4 is 0 Å². The van der Waals surface area contributed by atoms with Crippen molar-refractivity contribution in [2.24, 2.45) is 5.92 Å². The van der Waals surface area contributed by atoms with Crippen molar-refractivity contribution in [2.75, 3.05) is 19.8 Å². The van der Waals surface area contributed by atoms with Gasteiger partial charge in [-0.25, -0.2) is 0 Å². The summed E-state index contributed by atoms with van der Waals surface area (Å²) in [5.74, 6) is 0.447. The average molecular weight is 158 g/mol. The van der Waals surface area contributed by atoms with E-state index in [0.717, 1.165) is 12.8 Å². The minimum Gasteiger partial charge on any atom is -0.396 e. The maximum absolute atomic E-state index is 8.95. The van der Waals surface area contributed by atoms with Crippen LogP contribution in [-0.4, -0.2) is 37.1 Å². The number of ether oxygens (including phenoxy) is 2. The summed E-state index contributed by atoms with van der Waals surface area (Å²) in [6, 6.07) is 0. The third-order valence-electron chi connectivity index (χ3n) is 2.44. The summed E-state index contributed by atoms with van der Waals surface area (Å²) in [6.45, 7) is 1.73. The maximum atomic E-state index is 8.95. The van der Waals surface area contributed by atoms with E-state index in [1.807, 2.05) is 0 Å². The van der Waals surface area contributed by atoms with Crippen LogP contribution in [0.3, 0.4) is 0 Å². The molecule has 11 heavy (non-hydrogen) atoms. The Bertz CT molecular complexity index is 125. The molecule has 64 valence electrons. The second kappa shape index (κ2) is 3.09. The predicted molar refractivity (Wildman–Crippen MR) is 39.3 cm³/mol. The summed E-state index contributed by atoms with van der Waals surface area (Å²) >= 11 is 0. The van der Waals surface area contributed by atoms with Gasteiger partial charge >= 0.3 is 0 Å². The zero-order valence-electron chi connectivity index (χ0n) is 6.53. The first kappa shape index (κ1) is 7.53. The van der Waals surface area contributed by atoms with Crippen molar-refractivity contribution in [3.05, 3.63) is 0 Å². The molecule has 0 saturated carbocycles. The van der Waals surface area contributed by atoms with Crippen molar-refractivity contribution in [3.8, 4) is 0 Å². The van der Waals surface area contributed by atoms with Crippen molar-refractivity contribution in [1.82, 2.24) is 0 Å².